The van der Waals surface area contributed by atoms with E-state index in [9.17, 15) is 9.59 Å². The van der Waals surface area contributed by atoms with E-state index in [1.54, 1.807) is 31.4 Å². The number of nitrogens with one attached hydrogen (secondary N) is 1. The number of carbonyl (C=O) groups excluding carboxylic acids is 1. The number of ether oxygens (including phenoxy) is 2. The minimum absolute atomic E-state index is 0.103. The standard InChI is InChI=1S/C19H24N4O4/c1-3-14-12-18(25)23(19(21-14)22-8-10-27-11-9-22)13-17(24)20-15-4-6-16(26-2)7-5-15/h4-7,12H,3,8-11,13H2,1-2H3,(H,20,24). The van der Waals surface area contributed by atoms with Gasteiger partial charge >= 0.3 is 0 Å². The highest BCUT2D eigenvalue weighted by Gasteiger charge is 2.19. The van der Waals surface area contributed by atoms with Crippen LogP contribution >= 0.6 is 0 Å². The van der Waals surface area contributed by atoms with Crippen molar-refractivity contribution in [1.29, 1.82) is 0 Å². The van der Waals surface area contributed by atoms with Crippen molar-refractivity contribution < 1.29 is 14.3 Å². The van der Waals surface area contributed by atoms with Crippen LogP contribution in [0.2, 0.25) is 0 Å². The van der Waals surface area contributed by atoms with Crippen molar-refractivity contribution >= 4 is 17.5 Å². The summed E-state index contributed by atoms with van der Waals surface area (Å²) < 4.78 is 11.9. The maximum Gasteiger partial charge on any atom is 0.255 e. The van der Waals surface area contributed by atoms with Gasteiger partial charge in [-0.3, -0.25) is 14.2 Å². The molecule has 1 aromatic heterocycles. The molecule has 3 rings (SSSR count). The second-order valence-corrected chi connectivity index (χ2v) is 6.20. The molecule has 0 atom stereocenters. The van der Waals surface area contributed by atoms with E-state index in [1.165, 1.54) is 10.6 Å². The average Bonchev–Trinajstić information content (AvgIpc) is 2.70. The second-order valence-electron chi connectivity index (χ2n) is 6.20. The van der Waals surface area contributed by atoms with Crippen molar-refractivity contribution in [2.75, 3.05) is 43.6 Å². The Hall–Kier alpha value is -2.87. The molecule has 1 aliphatic rings. The quantitative estimate of drug-likeness (QED) is 0.822. The Morgan fingerprint density at radius 3 is 2.59 bits per heavy atom. The summed E-state index contributed by atoms with van der Waals surface area (Å²) in [6.07, 6.45) is 0.658. The number of hydrogen-bond acceptors (Lipinski definition) is 6. The van der Waals surface area contributed by atoms with E-state index in [1.807, 2.05) is 11.8 Å². The molecule has 1 aliphatic heterocycles. The fourth-order valence-corrected chi connectivity index (χ4v) is 2.89. The van der Waals surface area contributed by atoms with Crippen LogP contribution in [0.4, 0.5) is 11.6 Å². The predicted molar refractivity (Wildman–Crippen MR) is 103 cm³/mol. The summed E-state index contributed by atoms with van der Waals surface area (Å²) in [5, 5.41) is 2.80. The van der Waals surface area contributed by atoms with Gasteiger partial charge in [-0.25, -0.2) is 4.98 Å². The molecule has 2 heterocycles. The highest BCUT2D eigenvalue weighted by atomic mass is 16.5. The van der Waals surface area contributed by atoms with Gasteiger partial charge in [0.2, 0.25) is 11.9 Å². The SMILES string of the molecule is CCc1cc(=O)n(CC(=O)Nc2ccc(OC)cc2)c(N2CCOCC2)n1. The number of anilines is 2. The van der Waals surface area contributed by atoms with Crippen molar-refractivity contribution in [3.63, 3.8) is 0 Å². The third-order valence-corrected chi connectivity index (χ3v) is 4.37. The molecule has 1 N–H and O–H groups in total. The van der Waals surface area contributed by atoms with Crippen LogP contribution in [0.5, 0.6) is 5.75 Å². The Bertz CT molecular complexity index is 842. The summed E-state index contributed by atoms with van der Waals surface area (Å²) in [4.78, 5) is 31.7. The first-order valence-electron chi connectivity index (χ1n) is 8.98. The molecule has 0 spiro atoms. The van der Waals surface area contributed by atoms with Crippen LogP contribution in [0.25, 0.3) is 0 Å². The van der Waals surface area contributed by atoms with Crippen LogP contribution < -0.4 is 20.5 Å². The molecule has 0 unspecified atom stereocenters. The van der Waals surface area contributed by atoms with Crippen LogP contribution in [-0.4, -0.2) is 48.9 Å². The van der Waals surface area contributed by atoms with Crippen molar-refractivity contribution in [1.82, 2.24) is 9.55 Å². The zero-order valence-corrected chi connectivity index (χ0v) is 15.6. The number of hydrogen-bond donors (Lipinski definition) is 1. The van der Waals surface area contributed by atoms with Gasteiger partial charge in [-0.1, -0.05) is 6.92 Å². The van der Waals surface area contributed by atoms with Gasteiger partial charge in [-0.05, 0) is 30.7 Å². The number of rotatable bonds is 6. The molecule has 8 heteroatoms. The van der Waals surface area contributed by atoms with Crippen molar-refractivity contribution in [3.05, 3.63) is 46.4 Å². The summed E-state index contributed by atoms with van der Waals surface area (Å²) in [5.74, 6) is 0.938. The van der Waals surface area contributed by atoms with E-state index in [0.29, 0.717) is 55.8 Å². The Balaban J connectivity index is 1.81. The molecule has 144 valence electrons. The smallest absolute Gasteiger partial charge is 0.255 e. The van der Waals surface area contributed by atoms with Gasteiger partial charge in [0.1, 0.15) is 12.3 Å². The predicted octanol–water partition coefficient (Wildman–Crippen LogP) is 1.29. The molecule has 8 nitrogen and oxygen atoms in total. The van der Waals surface area contributed by atoms with E-state index >= 15 is 0 Å². The van der Waals surface area contributed by atoms with Gasteiger partial charge in [0.05, 0.1) is 20.3 Å². The monoisotopic (exact) mass is 372 g/mol. The van der Waals surface area contributed by atoms with Gasteiger partial charge in [-0.2, -0.15) is 0 Å². The maximum atomic E-state index is 12.6. The Morgan fingerprint density at radius 1 is 1.26 bits per heavy atom. The minimum atomic E-state index is -0.289. The number of carbonyl (C=O) groups is 1. The first-order valence-corrected chi connectivity index (χ1v) is 8.98. The first-order chi connectivity index (χ1) is 13.1. The van der Waals surface area contributed by atoms with E-state index < -0.39 is 0 Å². The van der Waals surface area contributed by atoms with E-state index in [0.717, 1.165) is 0 Å². The highest BCUT2D eigenvalue weighted by molar-refractivity contribution is 5.90. The zero-order valence-electron chi connectivity index (χ0n) is 15.6. The Morgan fingerprint density at radius 2 is 1.96 bits per heavy atom. The number of nitrogens with zero attached hydrogens (tertiary/aromatic N) is 3. The fraction of sp³-hybridized carbons (Fsp3) is 0.421. The molecular formula is C19H24N4O4. The molecular weight excluding hydrogens is 348 g/mol. The fourth-order valence-electron chi connectivity index (χ4n) is 2.89. The number of methoxy groups -OCH3 is 1. The van der Waals surface area contributed by atoms with Crippen molar-refractivity contribution in [2.45, 2.75) is 19.9 Å². The summed E-state index contributed by atoms with van der Waals surface area (Å²) in [7, 11) is 1.58. The molecule has 1 fully saturated rings. The topological polar surface area (TPSA) is 85.7 Å². The number of aromatic nitrogens is 2. The summed E-state index contributed by atoms with van der Waals surface area (Å²) in [5.41, 5.74) is 1.13. The first kappa shape index (κ1) is 18.9. The van der Waals surface area contributed by atoms with Crippen LogP contribution in [-0.2, 0) is 22.5 Å². The number of morpholine rings is 1. The Kier molecular flexibility index (Phi) is 6.08. The molecule has 0 bridgehead atoms. The lowest BCUT2D eigenvalue weighted by atomic mass is 10.3. The molecule has 27 heavy (non-hydrogen) atoms. The molecule has 1 saturated heterocycles. The van der Waals surface area contributed by atoms with Gasteiger partial charge in [0, 0.05) is 30.5 Å². The molecule has 1 aromatic carbocycles. The Labute approximate surface area is 157 Å². The van der Waals surface area contributed by atoms with Crippen molar-refractivity contribution in [3.8, 4) is 5.75 Å². The molecule has 1 amide bonds. The highest BCUT2D eigenvalue weighted by Crippen LogP contribution is 2.16. The van der Waals surface area contributed by atoms with Gasteiger partial charge in [0.15, 0.2) is 0 Å². The molecule has 0 radical (unpaired) electrons. The lowest BCUT2D eigenvalue weighted by Crippen LogP contribution is -2.42. The van der Waals surface area contributed by atoms with E-state index in [2.05, 4.69) is 10.3 Å². The molecule has 0 aliphatic carbocycles. The lowest BCUT2D eigenvalue weighted by molar-refractivity contribution is -0.116. The van der Waals surface area contributed by atoms with Crippen LogP contribution in [0.3, 0.4) is 0 Å². The normalized spacial score (nSPS) is 14.1. The number of aryl methyl sites for hydroxylation is 1. The largest absolute Gasteiger partial charge is 0.497 e. The summed E-state index contributed by atoms with van der Waals surface area (Å²) in [6, 6.07) is 8.52. The van der Waals surface area contributed by atoms with E-state index in [4.69, 9.17) is 9.47 Å². The van der Waals surface area contributed by atoms with Crippen LogP contribution in [0.15, 0.2) is 35.1 Å². The van der Waals surface area contributed by atoms with Crippen LogP contribution in [0.1, 0.15) is 12.6 Å². The number of benzene rings is 1. The van der Waals surface area contributed by atoms with Crippen molar-refractivity contribution in [2.24, 2.45) is 0 Å². The lowest BCUT2D eigenvalue weighted by Gasteiger charge is -2.29. The average molecular weight is 372 g/mol. The van der Waals surface area contributed by atoms with Gasteiger partial charge in [-0.15, -0.1) is 0 Å². The van der Waals surface area contributed by atoms with Gasteiger partial charge < -0.3 is 19.7 Å². The minimum Gasteiger partial charge on any atom is -0.497 e. The van der Waals surface area contributed by atoms with Crippen LogP contribution in [0, 0.1) is 0 Å². The third kappa shape index (κ3) is 4.65. The molecule has 0 saturated carbocycles. The van der Waals surface area contributed by atoms with E-state index in [-0.39, 0.29) is 18.0 Å². The summed E-state index contributed by atoms with van der Waals surface area (Å²) >= 11 is 0. The third-order valence-electron chi connectivity index (χ3n) is 4.37. The molecule has 2 aromatic rings. The zero-order chi connectivity index (χ0) is 19.2. The number of amides is 1. The second kappa shape index (κ2) is 8.68. The summed E-state index contributed by atoms with van der Waals surface area (Å²) in [6.45, 7) is 4.27. The maximum absolute atomic E-state index is 12.6. The van der Waals surface area contributed by atoms with Gasteiger partial charge in [0.25, 0.3) is 5.56 Å².